The molecule has 0 fully saturated rings. The van der Waals surface area contributed by atoms with E-state index in [1.807, 2.05) is 0 Å². The molecule has 0 saturated heterocycles. The fourth-order valence-electron chi connectivity index (χ4n) is 2.03. The Balaban J connectivity index is 2.22. The van der Waals surface area contributed by atoms with E-state index < -0.39 is 19.7 Å². The van der Waals surface area contributed by atoms with Gasteiger partial charge in [0.1, 0.15) is 18.1 Å². The molecule has 114 valence electrons. The van der Waals surface area contributed by atoms with Gasteiger partial charge in [-0.2, -0.15) is 5.10 Å². The lowest BCUT2D eigenvalue weighted by Gasteiger charge is -2.15. The molecule has 2 rings (SSSR count). The first-order chi connectivity index (χ1) is 9.81. The molecule has 6 heteroatoms. The zero-order valence-corrected chi connectivity index (χ0v) is 13.6. The molecule has 0 unspecified atom stereocenters. The summed E-state index contributed by atoms with van der Waals surface area (Å²) in [5, 5.41) is 4.64. The molecule has 0 aliphatic rings. The van der Waals surface area contributed by atoms with Crippen molar-refractivity contribution in [1.29, 1.82) is 0 Å². The van der Waals surface area contributed by atoms with Gasteiger partial charge in [0.2, 0.25) is 0 Å². The number of nitrogens with zero attached hydrogens (tertiary/aromatic N) is 2. The van der Waals surface area contributed by atoms with E-state index in [1.54, 1.807) is 0 Å². The van der Waals surface area contributed by atoms with Crippen molar-refractivity contribution in [2.45, 2.75) is 32.4 Å². The van der Waals surface area contributed by atoms with Crippen LogP contribution in [0.15, 0.2) is 18.7 Å². The van der Waals surface area contributed by atoms with E-state index in [-0.39, 0.29) is 12.2 Å². The topological polar surface area (TPSA) is 27.1 Å². The van der Waals surface area contributed by atoms with Crippen LogP contribution in [0.3, 0.4) is 0 Å². The number of aromatic nitrogens is 2. The van der Waals surface area contributed by atoms with E-state index in [1.165, 1.54) is 16.8 Å². The SMILES string of the molecule is C=Cc1nn(COCC[Si](C)(C)C)c2c(F)cc(F)cc12. The van der Waals surface area contributed by atoms with Gasteiger partial charge in [0.25, 0.3) is 0 Å². The zero-order chi connectivity index (χ0) is 15.6. The second kappa shape index (κ2) is 6.07. The Hall–Kier alpha value is -1.53. The molecular formula is C15H20F2N2OSi. The first kappa shape index (κ1) is 15.8. The predicted octanol–water partition coefficient (Wildman–Crippen LogP) is 4.27. The van der Waals surface area contributed by atoms with Gasteiger partial charge < -0.3 is 4.74 Å². The van der Waals surface area contributed by atoms with Crippen molar-refractivity contribution in [3.8, 4) is 0 Å². The average Bonchev–Trinajstić information content (AvgIpc) is 2.71. The van der Waals surface area contributed by atoms with Crippen LogP contribution in [0.1, 0.15) is 5.69 Å². The normalized spacial score (nSPS) is 12.0. The van der Waals surface area contributed by atoms with Crippen LogP contribution in [0.5, 0.6) is 0 Å². The third-order valence-corrected chi connectivity index (χ3v) is 4.90. The lowest BCUT2D eigenvalue weighted by Crippen LogP contribution is -2.22. The zero-order valence-electron chi connectivity index (χ0n) is 12.6. The highest BCUT2D eigenvalue weighted by Crippen LogP contribution is 2.24. The van der Waals surface area contributed by atoms with Crippen LogP contribution in [0.4, 0.5) is 8.78 Å². The Kier molecular flexibility index (Phi) is 4.58. The van der Waals surface area contributed by atoms with Crippen LogP contribution in [0.25, 0.3) is 17.0 Å². The molecule has 1 heterocycles. The molecule has 1 aromatic heterocycles. The van der Waals surface area contributed by atoms with E-state index in [4.69, 9.17) is 4.74 Å². The summed E-state index contributed by atoms with van der Waals surface area (Å²) in [5.41, 5.74) is 0.705. The number of rotatable bonds is 6. The molecule has 0 amide bonds. The van der Waals surface area contributed by atoms with Gasteiger partial charge in [-0.3, -0.25) is 0 Å². The van der Waals surface area contributed by atoms with Crippen molar-refractivity contribution in [1.82, 2.24) is 9.78 Å². The van der Waals surface area contributed by atoms with Gasteiger partial charge in [-0.05, 0) is 18.2 Å². The summed E-state index contributed by atoms with van der Waals surface area (Å²) in [6.45, 7) is 11.2. The van der Waals surface area contributed by atoms with Crippen molar-refractivity contribution in [3.05, 3.63) is 36.0 Å². The van der Waals surface area contributed by atoms with Gasteiger partial charge in [-0.25, -0.2) is 13.5 Å². The van der Waals surface area contributed by atoms with Gasteiger partial charge in [-0.15, -0.1) is 0 Å². The van der Waals surface area contributed by atoms with Crippen molar-refractivity contribution in [2.24, 2.45) is 0 Å². The number of benzene rings is 1. The van der Waals surface area contributed by atoms with Gasteiger partial charge in [0.15, 0.2) is 5.82 Å². The summed E-state index contributed by atoms with van der Waals surface area (Å²) in [6, 6.07) is 3.15. The molecule has 1 aromatic carbocycles. The second-order valence-electron chi connectivity index (χ2n) is 6.22. The fraction of sp³-hybridized carbons (Fsp3) is 0.400. The van der Waals surface area contributed by atoms with Gasteiger partial charge in [-0.1, -0.05) is 26.2 Å². The summed E-state index contributed by atoms with van der Waals surface area (Å²) >= 11 is 0. The Labute approximate surface area is 124 Å². The van der Waals surface area contributed by atoms with E-state index in [9.17, 15) is 8.78 Å². The minimum atomic E-state index is -1.16. The number of halogens is 2. The largest absolute Gasteiger partial charge is 0.360 e. The second-order valence-corrected chi connectivity index (χ2v) is 11.8. The van der Waals surface area contributed by atoms with E-state index in [2.05, 4.69) is 31.3 Å². The van der Waals surface area contributed by atoms with Gasteiger partial charge in [0, 0.05) is 26.1 Å². The lowest BCUT2D eigenvalue weighted by atomic mass is 10.2. The monoisotopic (exact) mass is 310 g/mol. The summed E-state index contributed by atoms with van der Waals surface area (Å²) in [4.78, 5) is 0. The predicted molar refractivity (Wildman–Crippen MR) is 83.8 cm³/mol. The third-order valence-electron chi connectivity index (χ3n) is 3.19. The van der Waals surface area contributed by atoms with Crippen molar-refractivity contribution in [3.63, 3.8) is 0 Å². The molecule has 0 N–H and O–H groups in total. The number of hydrogen-bond acceptors (Lipinski definition) is 2. The third kappa shape index (κ3) is 3.77. The molecule has 0 spiro atoms. The van der Waals surface area contributed by atoms with Crippen LogP contribution in [-0.2, 0) is 11.5 Å². The highest BCUT2D eigenvalue weighted by molar-refractivity contribution is 6.76. The maximum atomic E-state index is 14.0. The Morgan fingerprint density at radius 3 is 2.67 bits per heavy atom. The molecule has 3 nitrogen and oxygen atoms in total. The highest BCUT2D eigenvalue weighted by Gasteiger charge is 2.16. The molecule has 0 bridgehead atoms. The average molecular weight is 310 g/mol. The molecule has 0 radical (unpaired) electrons. The standard InChI is InChI=1S/C15H20F2N2OSi/c1-5-14-12-8-11(16)9-13(17)15(12)19(18-14)10-20-6-7-21(2,3)4/h5,8-9H,1,6-7,10H2,2-4H3. The number of fused-ring (bicyclic) bond motifs is 1. The Morgan fingerprint density at radius 2 is 2.05 bits per heavy atom. The van der Waals surface area contributed by atoms with Gasteiger partial charge in [0.05, 0.1) is 5.69 Å². The Bertz CT molecular complexity index is 662. The van der Waals surface area contributed by atoms with Crippen LogP contribution < -0.4 is 0 Å². The van der Waals surface area contributed by atoms with Crippen LogP contribution in [0, 0.1) is 11.6 Å². The van der Waals surface area contributed by atoms with Crippen LogP contribution >= 0.6 is 0 Å². The maximum absolute atomic E-state index is 14.0. The molecule has 0 aliphatic carbocycles. The summed E-state index contributed by atoms with van der Waals surface area (Å²) in [6.07, 6.45) is 1.49. The molecule has 0 atom stereocenters. The minimum Gasteiger partial charge on any atom is -0.360 e. The number of ether oxygens (including phenoxy) is 1. The summed E-state index contributed by atoms with van der Waals surface area (Å²) in [7, 11) is -1.16. The quantitative estimate of drug-likeness (QED) is 0.588. The Morgan fingerprint density at radius 1 is 1.33 bits per heavy atom. The summed E-state index contributed by atoms with van der Waals surface area (Å²) < 4.78 is 34.3. The smallest absolute Gasteiger partial charge is 0.152 e. The molecule has 0 saturated carbocycles. The minimum absolute atomic E-state index is 0.150. The van der Waals surface area contributed by atoms with Crippen molar-refractivity contribution < 1.29 is 13.5 Å². The van der Waals surface area contributed by atoms with Gasteiger partial charge >= 0.3 is 0 Å². The molecule has 21 heavy (non-hydrogen) atoms. The lowest BCUT2D eigenvalue weighted by molar-refractivity contribution is 0.0812. The molecular weight excluding hydrogens is 290 g/mol. The van der Waals surface area contributed by atoms with Crippen LogP contribution in [-0.4, -0.2) is 24.5 Å². The van der Waals surface area contributed by atoms with E-state index in [0.717, 1.165) is 12.1 Å². The summed E-state index contributed by atoms with van der Waals surface area (Å²) in [5.74, 6) is -1.26. The first-order valence-corrected chi connectivity index (χ1v) is 10.6. The fourth-order valence-corrected chi connectivity index (χ4v) is 2.79. The first-order valence-electron chi connectivity index (χ1n) is 6.87. The van der Waals surface area contributed by atoms with E-state index >= 15 is 0 Å². The highest BCUT2D eigenvalue weighted by atomic mass is 28.3. The van der Waals surface area contributed by atoms with Crippen molar-refractivity contribution in [2.75, 3.05) is 6.61 Å². The molecule has 2 aromatic rings. The van der Waals surface area contributed by atoms with Crippen molar-refractivity contribution >= 4 is 25.1 Å². The van der Waals surface area contributed by atoms with E-state index in [0.29, 0.717) is 17.7 Å². The molecule has 0 aliphatic heterocycles. The number of hydrogen-bond donors (Lipinski definition) is 0. The maximum Gasteiger partial charge on any atom is 0.152 e. The van der Waals surface area contributed by atoms with Crippen LogP contribution in [0.2, 0.25) is 25.7 Å².